The van der Waals surface area contributed by atoms with Crippen molar-refractivity contribution in [1.82, 2.24) is 0 Å². The molecule has 6 nitrogen and oxygen atoms in total. The number of esters is 2. The molecular weight excluding hydrogens is 288 g/mol. The van der Waals surface area contributed by atoms with E-state index < -0.39 is 17.9 Å². The van der Waals surface area contributed by atoms with Gasteiger partial charge in [-0.1, -0.05) is 0 Å². The van der Waals surface area contributed by atoms with Gasteiger partial charge in [-0.25, -0.2) is 14.4 Å². The van der Waals surface area contributed by atoms with Gasteiger partial charge in [-0.05, 0) is 48.5 Å². The van der Waals surface area contributed by atoms with Gasteiger partial charge in [0.25, 0.3) is 0 Å². The maximum Gasteiger partial charge on any atom is 0.343 e. The van der Waals surface area contributed by atoms with Gasteiger partial charge in [0.1, 0.15) is 5.75 Å². The van der Waals surface area contributed by atoms with Crippen molar-refractivity contribution in [3.8, 4) is 5.75 Å². The van der Waals surface area contributed by atoms with Gasteiger partial charge in [-0.3, -0.25) is 0 Å². The molecule has 0 unspecified atom stereocenters. The molecule has 2 aromatic rings. The summed E-state index contributed by atoms with van der Waals surface area (Å²) in [5.41, 5.74) is 0.682. The van der Waals surface area contributed by atoms with Gasteiger partial charge in [-0.2, -0.15) is 0 Å². The molecule has 0 aliphatic heterocycles. The fourth-order valence-corrected chi connectivity index (χ4v) is 1.69. The van der Waals surface area contributed by atoms with Crippen molar-refractivity contribution >= 4 is 17.9 Å². The molecule has 0 saturated heterocycles. The van der Waals surface area contributed by atoms with Crippen molar-refractivity contribution in [2.45, 2.75) is 0 Å². The summed E-state index contributed by atoms with van der Waals surface area (Å²) in [5, 5.41) is 8.78. The van der Waals surface area contributed by atoms with Crippen LogP contribution in [-0.2, 0) is 4.74 Å². The van der Waals surface area contributed by atoms with E-state index in [2.05, 4.69) is 4.74 Å². The molecule has 0 aliphatic carbocycles. The summed E-state index contributed by atoms with van der Waals surface area (Å²) in [6.07, 6.45) is 0. The lowest BCUT2D eigenvalue weighted by molar-refractivity contribution is 0.0598. The maximum atomic E-state index is 11.9. The lowest BCUT2D eigenvalue weighted by Gasteiger charge is -2.05. The van der Waals surface area contributed by atoms with Crippen LogP contribution >= 0.6 is 0 Å². The zero-order chi connectivity index (χ0) is 16.1. The minimum absolute atomic E-state index is 0.0993. The third-order valence-corrected chi connectivity index (χ3v) is 2.85. The van der Waals surface area contributed by atoms with Crippen LogP contribution in [0.3, 0.4) is 0 Å². The van der Waals surface area contributed by atoms with Crippen LogP contribution in [0.4, 0.5) is 0 Å². The summed E-state index contributed by atoms with van der Waals surface area (Å²) >= 11 is 0. The highest BCUT2D eigenvalue weighted by atomic mass is 16.5. The molecule has 2 aromatic carbocycles. The molecule has 0 heterocycles. The lowest BCUT2D eigenvalue weighted by Crippen LogP contribution is -2.09. The minimum Gasteiger partial charge on any atom is -0.478 e. The Bertz CT molecular complexity index is 700. The van der Waals surface area contributed by atoms with E-state index in [4.69, 9.17) is 9.84 Å². The van der Waals surface area contributed by atoms with E-state index in [0.717, 1.165) is 0 Å². The van der Waals surface area contributed by atoms with Gasteiger partial charge in [0.15, 0.2) is 0 Å². The third-order valence-electron chi connectivity index (χ3n) is 2.85. The molecule has 2 rings (SSSR count). The van der Waals surface area contributed by atoms with E-state index in [1.54, 1.807) is 0 Å². The highest BCUT2D eigenvalue weighted by Crippen LogP contribution is 2.15. The number of hydrogen-bond acceptors (Lipinski definition) is 5. The summed E-state index contributed by atoms with van der Waals surface area (Å²) in [7, 11) is 1.27. The monoisotopic (exact) mass is 300 g/mol. The van der Waals surface area contributed by atoms with E-state index in [1.807, 2.05) is 0 Å². The largest absolute Gasteiger partial charge is 0.478 e. The molecule has 0 aliphatic rings. The van der Waals surface area contributed by atoms with Gasteiger partial charge in [0.2, 0.25) is 0 Å². The van der Waals surface area contributed by atoms with Crippen molar-refractivity contribution in [2.24, 2.45) is 0 Å². The van der Waals surface area contributed by atoms with Crippen molar-refractivity contribution in [2.75, 3.05) is 7.11 Å². The zero-order valence-electron chi connectivity index (χ0n) is 11.6. The van der Waals surface area contributed by atoms with Crippen molar-refractivity contribution < 1.29 is 29.0 Å². The van der Waals surface area contributed by atoms with E-state index in [9.17, 15) is 14.4 Å². The summed E-state index contributed by atoms with van der Waals surface area (Å²) in [4.78, 5) is 33.9. The van der Waals surface area contributed by atoms with Crippen LogP contribution in [0.5, 0.6) is 5.75 Å². The SMILES string of the molecule is COC(=O)c1ccc(C(=O)Oc2ccc(C(=O)O)cc2)cc1. The van der Waals surface area contributed by atoms with Crippen molar-refractivity contribution in [3.05, 3.63) is 65.2 Å². The lowest BCUT2D eigenvalue weighted by atomic mass is 10.1. The van der Waals surface area contributed by atoms with Crippen molar-refractivity contribution in [3.63, 3.8) is 0 Å². The fourth-order valence-electron chi connectivity index (χ4n) is 1.69. The molecule has 0 aromatic heterocycles. The molecular formula is C16H12O6. The average Bonchev–Trinajstić information content (AvgIpc) is 2.54. The van der Waals surface area contributed by atoms with E-state index in [0.29, 0.717) is 5.56 Å². The van der Waals surface area contributed by atoms with Crippen molar-refractivity contribution in [1.29, 1.82) is 0 Å². The Morgan fingerprint density at radius 3 is 1.68 bits per heavy atom. The molecule has 0 atom stereocenters. The van der Waals surface area contributed by atoms with Crippen LogP contribution in [0, 0.1) is 0 Å². The number of methoxy groups -OCH3 is 1. The molecule has 0 saturated carbocycles. The average molecular weight is 300 g/mol. The Morgan fingerprint density at radius 1 is 0.773 bits per heavy atom. The molecule has 22 heavy (non-hydrogen) atoms. The number of benzene rings is 2. The Labute approximate surface area is 125 Å². The molecule has 1 N–H and O–H groups in total. The molecule has 0 spiro atoms. The van der Waals surface area contributed by atoms with E-state index in [-0.39, 0.29) is 16.9 Å². The predicted octanol–water partition coefficient (Wildman–Crippen LogP) is 2.39. The molecule has 0 bridgehead atoms. The highest BCUT2D eigenvalue weighted by Gasteiger charge is 2.11. The second kappa shape index (κ2) is 6.53. The first kappa shape index (κ1) is 15.2. The number of hydrogen-bond donors (Lipinski definition) is 1. The van der Waals surface area contributed by atoms with Gasteiger partial charge in [0, 0.05) is 0 Å². The summed E-state index contributed by atoms with van der Waals surface area (Å²) in [6.45, 7) is 0. The molecule has 112 valence electrons. The van der Waals surface area contributed by atoms with Gasteiger partial charge in [-0.15, -0.1) is 0 Å². The first-order valence-corrected chi connectivity index (χ1v) is 6.25. The van der Waals surface area contributed by atoms with Crippen LogP contribution in [-0.4, -0.2) is 30.1 Å². The molecule has 0 radical (unpaired) electrons. The molecule has 0 amide bonds. The normalized spacial score (nSPS) is 9.86. The maximum absolute atomic E-state index is 11.9. The Morgan fingerprint density at radius 2 is 1.23 bits per heavy atom. The first-order chi connectivity index (χ1) is 10.5. The first-order valence-electron chi connectivity index (χ1n) is 6.25. The van der Waals surface area contributed by atoms with Gasteiger partial charge >= 0.3 is 17.9 Å². The third kappa shape index (κ3) is 3.49. The van der Waals surface area contributed by atoms with Gasteiger partial charge < -0.3 is 14.6 Å². The Balaban J connectivity index is 2.08. The number of rotatable bonds is 4. The minimum atomic E-state index is -1.06. The Hall–Kier alpha value is -3.15. The highest BCUT2D eigenvalue weighted by molar-refractivity contribution is 5.94. The summed E-state index contributed by atoms with van der Waals surface area (Å²) < 4.78 is 9.67. The second-order valence-corrected chi connectivity index (χ2v) is 4.29. The number of aromatic carboxylic acids is 1. The number of carbonyl (C=O) groups is 3. The number of carboxylic acid groups (broad SMARTS) is 1. The molecule has 6 heteroatoms. The van der Waals surface area contributed by atoms with Crippen LogP contribution < -0.4 is 4.74 Å². The quantitative estimate of drug-likeness (QED) is 0.688. The van der Waals surface area contributed by atoms with Gasteiger partial charge in [0.05, 0.1) is 23.8 Å². The summed E-state index contributed by atoms with van der Waals surface area (Å²) in [6, 6.07) is 11.3. The fraction of sp³-hybridized carbons (Fsp3) is 0.0625. The predicted molar refractivity (Wildman–Crippen MR) is 76.1 cm³/mol. The van der Waals surface area contributed by atoms with Crippen LogP contribution in [0.1, 0.15) is 31.1 Å². The van der Waals surface area contributed by atoms with Crippen LogP contribution in [0.25, 0.3) is 0 Å². The summed E-state index contributed by atoms with van der Waals surface area (Å²) in [5.74, 6) is -1.94. The zero-order valence-corrected chi connectivity index (χ0v) is 11.6. The number of ether oxygens (including phenoxy) is 2. The number of carbonyl (C=O) groups excluding carboxylic acids is 2. The smallest absolute Gasteiger partial charge is 0.343 e. The van der Waals surface area contributed by atoms with Crippen LogP contribution in [0.2, 0.25) is 0 Å². The van der Waals surface area contributed by atoms with Crippen LogP contribution in [0.15, 0.2) is 48.5 Å². The second-order valence-electron chi connectivity index (χ2n) is 4.29. The van der Waals surface area contributed by atoms with E-state index >= 15 is 0 Å². The standard InChI is InChI=1S/C16H12O6/c1-21-15(19)11-2-4-12(5-3-11)16(20)22-13-8-6-10(7-9-13)14(17)18/h2-9H,1H3,(H,17,18). The molecule has 0 fully saturated rings. The Kier molecular flexibility index (Phi) is 4.53. The van der Waals surface area contributed by atoms with E-state index in [1.165, 1.54) is 55.6 Å². The topological polar surface area (TPSA) is 89.9 Å². The number of carboxylic acids is 1.